The van der Waals surface area contributed by atoms with Crippen LogP contribution >= 0.6 is 11.6 Å². The summed E-state index contributed by atoms with van der Waals surface area (Å²) in [6, 6.07) is 1.59. The Balaban J connectivity index is 3.08. The second-order valence-corrected chi connectivity index (χ2v) is 1.79. The Morgan fingerprint density at radius 3 is 2.78 bits per heavy atom. The van der Waals surface area contributed by atoms with Gasteiger partial charge >= 0.3 is 0 Å². The summed E-state index contributed by atoms with van der Waals surface area (Å²) >= 11 is 5.53. The predicted octanol–water partition coefficient (Wildman–Crippen LogP) is 2.65. The van der Waals surface area contributed by atoms with E-state index in [0.29, 0.717) is 5.02 Å². The van der Waals surface area contributed by atoms with Crippen LogP contribution in [0.4, 0.5) is 0 Å². The molecule has 9 heavy (non-hydrogen) atoms. The summed E-state index contributed by atoms with van der Waals surface area (Å²) in [6.45, 7) is 0. The van der Waals surface area contributed by atoms with Crippen molar-refractivity contribution in [2.75, 3.05) is 0 Å². The highest BCUT2D eigenvalue weighted by Gasteiger charge is 1.76. The zero-order valence-corrected chi connectivity index (χ0v) is 5.34. The number of halogens is 1. The molecule has 0 aliphatic heterocycles. The van der Waals surface area contributed by atoms with Crippen molar-refractivity contribution in [2.45, 2.75) is 0 Å². The minimum Gasteiger partial charge on any atom is -0.469 e. The number of hydrogen-bond acceptors (Lipinski definition) is 2. The van der Waals surface area contributed by atoms with Gasteiger partial charge in [0.2, 0.25) is 0 Å². The summed E-state index contributed by atoms with van der Waals surface area (Å²) in [6.07, 6.45) is 5.69. The van der Waals surface area contributed by atoms with Crippen molar-refractivity contribution in [1.29, 1.82) is 0 Å². The van der Waals surface area contributed by atoms with E-state index >= 15 is 0 Å². The lowest BCUT2D eigenvalue weighted by Gasteiger charge is -1.79. The molecule has 0 aliphatic carbocycles. The highest BCUT2D eigenvalue weighted by molar-refractivity contribution is 6.30. The van der Waals surface area contributed by atoms with Crippen LogP contribution in [0.25, 0.3) is 0 Å². The molecule has 0 N–H and O–H groups in total. The summed E-state index contributed by atoms with van der Waals surface area (Å²) in [5.41, 5.74) is 0. The summed E-state index contributed by atoms with van der Waals surface area (Å²) in [5.74, 6) is 0. The Morgan fingerprint density at radius 1 is 1.11 bits per heavy atom. The van der Waals surface area contributed by atoms with Gasteiger partial charge < -0.3 is 8.83 Å². The topological polar surface area (TPSA) is 26.3 Å². The van der Waals surface area contributed by atoms with Gasteiger partial charge in [-0.05, 0) is 6.07 Å². The van der Waals surface area contributed by atoms with Crippen LogP contribution in [0.2, 0.25) is 5.02 Å². The van der Waals surface area contributed by atoms with Crippen LogP contribution in [-0.2, 0) is 0 Å². The highest BCUT2D eigenvalue weighted by Crippen LogP contribution is 2.01. The van der Waals surface area contributed by atoms with Crippen molar-refractivity contribution in [3.63, 3.8) is 0 Å². The van der Waals surface area contributed by atoms with Gasteiger partial charge in [-0.25, -0.2) is 0 Å². The molecule has 1 aromatic rings. The average Bonchev–Trinajstić information content (AvgIpc) is 1.79. The molecule has 1 heterocycles. The summed E-state index contributed by atoms with van der Waals surface area (Å²) < 4.78 is 9.47. The van der Waals surface area contributed by atoms with Crippen LogP contribution in [0.1, 0.15) is 0 Å². The van der Waals surface area contributed by atoms with E-state index in [1.165, 1.54) is 25.1 Å². The maximum atomic E-state index is 5.53. The summed E-state index contributed by atoms with van der Waals surface area (Å²) in [5, 5.41) is 0.499. The minimum absolute atomic E-state index is 0.499. The minimum atomic E-state index is 0.499. The second-order valence-electron chi connectivity index (χ2n) is 1.35. The van der Waals surface area contributed by atoms with Crippen molar-refractivity contribution in [3.05, 3.63) is 36.1 Å². The van der Waals surface area contributed by atoms with E-state index in [4.69, 9.17) is 20.4 Å². The van der Waals surface area contributed by atoms with Crippen LogP contribution < -0.4 is 0 Å². The summed E-state index contributed by atoms with van der Waals surface area (Å²) in [4.78, 5) is 0. The fraction of sp³-hybridized carbons (Fsp3) is 0. The fourth-order valence-corrected chi connectivity index (χ4v) is 0.460. The van der Waals surface area contributed by atoms with E-state index in [9.17, 15) is 0 Å². The molecule has 0 fully saturated rings. The Hall–Kier alpha value is -0.890. The first-order valence-electron chi connectivity index (χ1n) is 2.38. The molecule has 3 heteroatoms. The van der Waals surface area contributed by atoms with Crippen molar-refractivity contribution < 1.29 is 8.83 Å². The van der Waals surface area contributed by atoms with Gasteiger partial charge in [-0.15, -0.1) is 0 Å². The molecule has 1 rings (SSSR count). The molecule has 2 nitrogen and oxygen atoms in total. The number of hydrogen-bond donors (Lipinski definition) is 0. The van der Waals surface area contributed by atoms with Gasteiger partial charge in [-0.3, -0.25) is 0 Å². The average molecular weight is 145 g/mol. The Kier molecular flexibility index (Phi) is 2.22. The van der Waals surface area contributed by atoms with E-state index in [1.807, 2.05) is 0 Å². The molecular formula is C6H5ClO2. The molecule has 1 aromatic heterocycles. The van der Waals surface area contributed by atoms with Crippen LogP contribution in [-0.4, -0.2) is 0 Å². The van der Waals surface area contributed by atoms with Gasteiger partial charge in [0.25, 0.3) is 0 Å². The lowest BCUT2D eigenvalue weighted by molar-refractivity contribution is 0.491. The van der Waals surface area contributed by atoms with Gasteiger partial charge in [0.15, 0.2) is 0 Å². The van der Waals surface area contributed by atoms with Gasteiger partial charge in [0, 0.05) is 0 Å². The molecule has 0 amide bonds. The molecule has 48 valence electrons. The molecule has 0 aliphatic rings. The Labute approximate surface area is 57.4 Å². The van der Waals surface area contributed by atoms with Crippen LogP contribution in [0.5, 0.6) is 0 Å². The zero-order chi connectivity index (χ0) is 6.53. The maximum Gasteiger partial charge on any atom is 0.125 e. The zero-order valence-electron chi connectivity index (χ0n) is 4.58. The van der Waals surface area contributed by atoms with E-state index < -0.39 is 0 Å². The van der Waals surface area contributed by atoms with Crippen LogP contribution in [0.15, 0.2) is 40.0 Å². The SMILES string of the molecule is Clc1ccoccoc1. The molecule has 0 unspecified atom stereocenters. The third-order valence-electron chi connectivity index (χ3n) is 0.699. The third kappa shape index (κ3) is 2.24. The first-order chi connectivity index (χ1) is 4.39. The second kappa shape index (κ2) is 3.20. The molecule has 0 aromatic carbocycles. The van der Waals surface area contributed by atoms with Gasteiger partial charge in [-0.2, -0.15) is 0 Å². The van der Waals surface area contributed by atoms with Crippen molar-refractivity contribution >= 4 is 11.6 Å². The van der Waals surface area contributed by atoms with E-state index in [-0.39, 0.29) is 0 Å². The Morgan fingerprint density at radius 2 is 1.89 bits per heavy atom. The standard InChI is InChI=1S/C6H5ClO2/c7-6-1-2-8-3-4-9-5-6/h1-5H. The van der Waals surface area contributed by atoms with Crippen molar-refractivity contribution in [3.8, 4) is 0 Å². The molecule has 0 radical (unpaired) electrons. The molecule has 0 spiro atoms. The predicted molar refractivity (Wildman–Crippen MR) is 33.6 cm³/mol. The van der Waals surface area contributed by atoms with Crippen molar-refractivity contribution in [1.82, 2.24) is 0 Å². The first-order valence-corrected chi connectivity index (χ1v) is 2.75. The maximum absolute atomic E-state index is 5.53. The van der Waals surface area contributed by atoms with Gasteiger partial charge in [-0.1, -0.05) is 11.6 Å². The molecule has 0 saturated carbocycles. The fourth-order valence-electron chi connectivity index (χ4n) is 0.357. The normalized spacial score (nSPS) is 8.56. The van der Waals surface area contributed by atoms with E-state index in [0.717, 1.165) is 0 Å². The van der Waals surface area contributed by atoms with Crippen molar-refractivity contribution in [2.24, 2.45) is 0 Å². The van der Waals surface area contributed by atoms with E-state index in [2.05, 4.69) is 0 Å². The lowest BCUT2D eigenvalue weighted by Crippen LogP contribution is -1.54. The van der Waals surface area contributed by atoms with Crippen LogP contribution in [0.3, 0.4) is 0 Å². The largest absolute Gasteiger partial charge is 0.469 e. The molecular weight excluding hydrogens is 140 g/mol. The quantitative estimate of drug-likeness (QED) is 0.560. The van der Waals surface area contributed by atoms with Gasteiger partial charge in [0.1, 0.15) is 18.8 Å². The molecule has 0 saturated heterocycles. The molecule has 0 bridgehead atoms. The smallest absolute Gasteiger partial charge is 0.125 e. The Bertz CT molecular complexity index is 193. The monoisotopic (exact) mass is 144 g/mol. The van der Waals surface area contributed by atoms with Gasteiger partial charge in [0.05, 0.1) is 11.3 Å². The van der Waals surface area contributed by atoms with E-state index in [1.54, 1.807) is 6.07 Å². The molecule has 0 atom stereocenters. The first kappa shape index (κ1) is 6.23. The summed E-state index contributed by atoms with van der Waals surface area (Å²) in [7, 11) is 0. The number of rotatable bonds is 0. The highest BCUT2D eigenvalue weighted by atomic mass is 35.5. The van der Waals surface area contributed by atoms with Crippen LogP contribution in [0, 0.1) is 0 Å². The lowest BCUT2D eigenvalue weighted by atomic mass is 10.6. The third-order valence-corrected chi connectivity index (χ3v) is 0.914.